The molecule has 10 heteroatoms. The molecule has 0 aliphatic rings. The molecule has 1 aromatic rings. The van der Waals surface area contributed by atoms with Crippen LogP contribution in [0.3, 0.4) is 0 Å². The summed E-state index contributed by atoms with van der Waals surface area (Å²) >= 11 is 0. The lowest BCUT2D eigenvalue weighted by atomic mass is 10.1. The van der Waals surface area contributed by atoms with Crippen LogP contribution in [0.15, 0.2) is 34.5 Å². The van der Waals surface area contributed by atoms with E-state index in [1.54, 1.807) is 0 Å². The SMILES string of the molecule is C[Si](C)(C)N/N=C(\O[Si](C)(C)C)c1ccc(/C(=N/N[Si](C)(C)C)O[Si](C)(C)C)cc1. The summed E-state index contributed by atoms with van der Waals surface area (Å²) in [7, 11) is -6.71. The van der Waals surface area contributed by atoms with Crippen LogP contribution in [0.4, 0.5) is 0 Å². The Hall–Kier alpha value is -1.37. The van der Waals surface area contributed by atoms with E-state index in [0.29, 0.717) is 11.8 Å². The van der Waals surface area contributed by atoms with Crippen molar-refractivity contribution in [2.75, 3.05) is 0 Å². The zero-order chi connectivity index (χ0) is 23.4. The summed E-state index contributed by atoms with van der Waals surface area (Å²) in [5.41, 5.74) is 1.91. The summed E-state index contributed by atoms with van der Waals surface area (Å²) in [4.78, 5) is 0. The van der Waals surface area contributed by atoms with Crippen LogP contribution in [-0.2, 0) is 8.85 Å². The topological polar surface area (TPSA) is 67.2 Å². The van der Waals surface area contributed by atoms with Gasteiger partial charge in [-0.15, -0.1) is 0 Å². The van der Waals surface area contributed by atoms with Gasteiger partial charge in [-0.3, -0.25) is 0 Å². The molecule has 1 aromatic carbocycles. The van der Waals surface area contributed by atoms with Crippen molar-refractivity contribution < 1.29 is 8.85 Å². The van der Waals surface area contributed by atoms with Crippen LogP contribution in [-0.4, -0.2) is 44.9 Å². The minimum absolute atomic E-state index is 0.660. The molecule has 0 unspecified atom stereocenters. The molecule has 0 aromatic heterocycles. The van der Waals surface area contributed by atoms with E-state index in [0.717, 1.165) is 11.1 Å². The maximum atomic E-state index is 6.28. The van der Waals surface area contributed by atoms with Crippen LogP contribution < -0.4 is 10.2 Å². The van der Waals surface area contributed by atoms with Gasteiger partial charge in [-0.25, -0.2) is 0 Å². The van der Waals surface area contributed by atoms with Crippen molar-refractivity contribution in [1.82, 2.24) is 10.2 Å². The highest BCUT2D eigenvalue weighted by Crippen LogP contribution is 2.15. The normalized spacial score (nSPS) is 14.4. The van der Waals surface area contributed by atoms with Crippen molar-refractivity contribution in [3.8, 4) is 0 Å². The number of nitrogens with one attached hydrogen (secondary N) is 2. The van der Waals surface area contributed by atoms with E-state index >= 15 is 0 Å². The highest BCUT2D eigenvalue weighted by atomic mass is 28.4. The molecule has 0 radical (unpaired) electrons. The highest BCUT2D eigenvalue weighted by molar-refractivity contribution is 6.74. The molecule has 30 heavy (non-hydrogen) atoms. The quantitative estimate of drug-likeness (QED) is 0.220. The van der Waals surface area contributed by atoms with Crippen molar-refractivity contribution in [3.63, 3.8) is 0 Å². The molecule has 0 atom stereocenters. The molecule has 2 N–H and O–H groups in total. The number of hydrogen-bond acceptors (Lipinski definition) is 6. The third-order valence-electron chi connectivity index (χ3n) is 3.17. The maximum absolute atomic E-state index is 6.28. The van der Waals surface area contributed by atoms with Crippen molar-refractivity contribution in [2.24, 2.45) is 10.2 Å². The monoisotopic (exact) mass is 482 g/mol. The van der Waals surface area contributed by atoms with E-state index in [4.69, 9.17) is 8.85 Å². The van der Waals surface area contributed by atoms with Gasteiger partial charge in [0.25, 0.3) is 0 Å². The molecule has 0 spiro atoms. The average Bonchev–Trinajstić information content (AvgIpc) is 2.52. The van der Waals surface area contributed by atoms with Crippen LogP contribution in [0.25, 0.3) is 0 Å². The molecule has 0 fully saturated rings. The van der Waals surface area contributed by atoms with Gasteiger partial charge in [0.2, 0.25) is 28.4 Å². The van der Waals surface area contributed by atoms with Crippen molar-refractivity contribution >= 4 is 44.9 Å². The largest absolute Gasteiger partial charge is 0.530 e. The average molecular weight is 483 g/mol. The van der Waals surface area contributed by atoms with Crippen LogP contribution in [0.2, 0.25) is 78.6 Å². The Balaban J connectivity index is 3.26. The molecule has 0 saturated carbocycles. The minimum atomic E-state index is -1.80. The number of nitrogens with zero attached hydrogens (tertiary/aromatic N) is 2. The molecule has 170 valence electrons. The Morgan fingerprint density at radius 2 is 0.833 bits per heavy atom. The zero-order valence-electron chi connectivity index (χ0n) is 21.0. The van der Waals surface area contributed by atoms with Gasteiger partial charge in [0.15, 0.2) is 16.5 Å². The first-order chi connectivity index (χ1) is 13.3. The van der Waals surface area contributed by atoms with E-state index in [1.165, 1.54) is 0 Å². The molecule has 0 heterocycles. The maximum Gasteiger partial charge on any atom is 0.244 e. The second-order valence-electron chi connectivity index (χ2n) is 11.6. The van der Waals surface area contributed by atoms with Gasteiger partial charge in [0.1, 0.15) is 0 Å². The molecule has 6 nitrogen and oxygen atoms in total. The van der Waals surface area contributed by atoms with Crippen molar-refractivity contribution in [2.45, 2.75) is 78.6 Å². The van der Waals surface area contributed by atoms with Gasteiger partial charge in [-0.1, -0.05) is 39.3 Å². The van der Waals surface area contributed by atoms with Gasteiger partial charge in [-0.2, -0.15) is 10.2 Å². The first-order valence-corrected chi connectivity index (χ1v) is 24.3. The zero-order valence-corrected chi connectivity index (χ0v) is 25.0. The molecule has 0 aliphatic carbocycles. The fraction of sp³-hybridized carbons (Fsp3) is 0.600. The summed E-state index contributed by atoms with van der Waals surface area (Å²) in [6.07, 6.45) is 0. The highest BCUT2D eigenvalue weighted by Gasteiger charge is 2.23. The van der Waals surface area contributed by atoms with Gasteiger partial charge >= 0.3 is 0 Å². The lowest BCUT2D eigenvalue weighted by Gasteiger charge is -2.24. The first-order valence-electron chi connectivity index (χ1n) is 10.5. The summed E-state index contributed by atoms with van der Waals surface area (Å²) in [6, 6.07) is 8.16. The van der Waals surface area contributed by atoms with Crippen LogP contribution in [0.1, 0.15) is 11.1 Å². The van der Waals surface area contributed by atoms with E-state index < -0.39 is 33.1 Å². The number of hydrogen-bond donors (Lipinski definition) is 2. The number of rotatable bonds is 8. The number of benzene rings is 1. The predicted molar refractivity (Wildman–Crippen MR) is 141 cm³/mol. The Labute approximate surface area is 188 Å². The van der Waals surface area contributed by atoms with E-state index in [1.807, 2.05) is 24.3 Å². The van der Waals surface area contributed by atoms with E-state index in [9.17, 15) is 0 Å². The summed E-state index contributed by atoms with van der Waals surface area (Å²) in [6.45, 7) is 26.3. The lowest BCUT2D eigenvalue weighted by molar-refractivity contribution is 0.545. The van der Waals surface area contributed by atoms with Crippen molar-refractivity contribution in [1.29, 1.82) is 0 Å². The molecule has 0 bridgehead atoms. The molecule has 1 rings (SSSR count). The fourth-order valence-electron chi connectivity index (χ4n) is 2.06. The third-order valence-corrected chi connectivity index (χ3v) is 6.35. The Kier molecular flexibility index (Phi) is 8.74. The second-order valence-corrected chi connectivity index (χ2v) is 29.9. The Bertz CT molecular complexity index is 688. The number of hydrazone groups is 2. The smallest absolute Gasteiger partial charge is 0.244 e. The fourth-order valence-corrected chi connectivity index (χ4v) is 4.43. The molecule has 0 amide bonds. The molecule has 0 aliphatic heterocycles. The molecular weight excluding hydrogens is 441 g/mol. The molecular formula is C20H42N4O2Si4. The van der Waals surface area contributed by atoms with Crippen LogP contribution in [0.5, 0.6) is 0 Å². The van der Waals surface area contributed by atoms with E-state index in [-0.39, 0.29) is 0 Å². The Morgan fingerprint density at radius 3 is 1.03 bits per heavy atom. The van der Waals surface area contributed by atoms with Gasteiger partial charge in [0.05, 0.1) is 0 Å². The molecule has 0 saturated heterocycles. The van der Waals surface area contributed by atoms with Gasteiger partial charge in [0, 0.05) is 11.1 Å². The summed E-state index contributed by atoms with van der Waals surface area (Å²) in [5.74, 6) is 1.32. The summed E-state index contributed by atoms with van der Waals surface area (Å²) in [5, 5.41) is 15.9. The van der Waals surface area contributed by atoms with Gasteiger partial charge < -0.3 is 19.0 Å². The third kappa shape index (κ3) is 11.7. The van der Waals surface area contributed by atoms with E-state index in [2.05, 4.69) is 98.9 Å². The predicted octanol–water partition coefficient (Wildman–Crippen LogP) is 5.56. The van der Waals surface area contributed by atoms with Crippen LogP contribution >= 0.6 is 0 Å². The first kappa shape index (κ1) is 26.7. The van der Waals surface area contributed by atoms with Crippen molar-refractivity contribution in [3.05, 3.63) is 35.4 Å². The minimum Gasteiger partial charge on any atom is -0.530 e. The summed E-state index contributed by atoms with van der Waals surface area (Å²) < 4.78 is 12.6. The standard InChI is InChI=1S/C20H42N4O2Si4/c1-27(2,3)23-21-19(25-29(7,8)9)17-13-15-18(16-14-17)20(26-30(10,11)12)22-24-28(4,5)6/h13-16,23-24H,1-12H3/b21-19-,22-20-. The lowest BCUT2D eigenvalue weighted by Crippen LogP contribution is -2.40. The van der Waals surface area contributed by atoms with Gasteiger partial charge in [-0.05, 0) is 63.5 Å². The van der Waals surface area contributed by atoms with Crippen LogP contribution in [0, 0.1) is 0 Å². The second kappa shape index (κ2) is 9.84. The Morgan fingerprint density at radius 1 is 0.567 bits per heavy atom.